The lowest BCUT2D eigenvalue weighted by Crippen LogP contribution is -2.44. The van der Waals surface area contributed by atoms with Gasteiger partial charge in [0.1, 0.15) is 5.60 Å². The summed E-state index contributed by atoms with van der Waals surface area (Å²) in [6.45, 7) is 8.38. The quantitative estimate of drug-likeness (QED) is 0.873. The van der Waals surface area contributed by atoms with E-state index in [-0.39, 0.29) is 24.0 Å². The number of rotatable bonds is 3. The third-order valence-electron chi connectivity index (χ3n) is 4.25. The normalized spacial score (nSPS) is 17.1. The Morgan fingerprint density at radius 1 is 1.20 bits per heavy atom. The number of halogens is 1. The van der Waals surface area contributed by atoms with Crippen molar-refractivity contribution < 1.29 is 14.3 Å². The molecule has 0 bridgehead atoms. The number of amides is 2. The summed E-state index contributed by atoms with van der Waals surface area (Å²) in [5.41, 5.74) is 0.547. The Balaban J connectivity index is 2.03. The zero-order valence-corrected chi connectivity index (χ0v) is 16.1. The van der Waals surface area contributed by atoms with E-state index in [0.29, 0.717) is 18.1 Å². The van der Waals surface area contributed by atoms with Crippen LogP contribution in [0.25, 0.3) is 0 Å². The van der Waals surface area contributed by atoms with Gasteiger partial charge in [-0.25, -0.2) is 4.79 Å². The van der Waals surface area contributed by atoms with Crippen molar-refractivity contribution >= 4 is 23.6 Å². The molecule has 2 rings (SSSR count). The number of ether oxygens (including phenoxy) is 1. The molecule has 6 heteroatoms. The van der Waals surface area contributed by atoms with Crippen molar-refractivity contribution in [3.05, 3.63) is 34.9 Å². The molecule has 138 valence electrons. The average molecular weight is 367 g/mol. The molecule has 0 spiro atoms. The third-order valence-corrected chi connectivity index (χ3v) is 4.50. The molecule has 1 N–H and O–H groups in total. The fourth-order valence-electron chi connectivity index (χ4n) is 3.10. The van der Waals surface area contributed by atoms with Crippen LogP contribution >= 0.6 is 11.6 Å². The first-order valence-electron chi connectivity index (χ1n) is 8.66. The maximum Gasteiger partial charge on any atom is 0.410 e. The Kier molecular flexibility index (Phi) is 6.33. The molecular formula is C19H27ClN2O3. The van der Waals surface area contributed by atoms with Crippen LogP contribution < -0.4 is 5.32 Å². The smallest absolute Gasteiger partial charge is 0.410 e. The number of piperidine rings is 1. The van der Waals surface area contributed by atoms with Crippen molar-refractivity contribution in [1.82, 2.24) is 10.2 Å². The summed E-state index contributed by atoms with van der Waals surface area (Å²) in [5.74, 6) is 0.207. The van der Waals surface area contributed by atoms with Gasteiger partial charge in [-0.15, -0.1) is 0 Å². The Morgan fingerprint density at radius 3 is 2.24 bits per heavy atom. The maximum atomic E-state index is 12.2. The largest absolute Gasteiger partial charge is 0.444 e. The summed E-state index contributed by atoms with van der Waals surface area (Å²) in [7, 11) is 0. The zero-order valence-electron chi connectivity index (χ0n) is 15.3. The standard InChI is InChI=1S/C19H27ClN2O3/c1-13(23)21-17(14-5-7-16(20)8-6-14)15-9-11-22(12-10-15)18(24)25-19(2,3)4/h5-8,15,17H,9-12H2,1-4H3,(H,21,23). The van der Waals surface area contributed by atoms with Gasteiger partial charge in [0, 0.05) is 25.0 Å². The molecule has 1 unspecified atom stereocenters. The molecule has 1 heterocycles. The van der Waals surface area contributed by atoms with Crippen molar-refractivity contribution in [2.75, 3.05) is 13.1 Å². The van der Waals surface area contributed by atoms with E-state index in [9.17, 15) is 9.59 Å². The number of nitrogens with zero attached hydrogens (tertiary/aromatic N) is 1. The van der Waals surface area contributed by atoms with Crippen LogP contribution in [0.15, 0.2) is 24.3 Å². The topological polar surface area (TPSA) is 58.6 Å². The van der Waals surface area contributed by atoms with Crippen LogP contribution in [0, 0.1) is 5.92 Å². The van der Waals surface area contributed by atoms with Crippen LogP contribution in [0.2, 0.25) is 5.02 Å². The van der Waals surface area contributed by atoms with E-state index in [4.69, 9.17) is 16.3 Å². The van der Waals surface area contributed by atoms with Crippen LogP contribution in [0.5, 0.6) is 0 Å². The third kappa shape index (κ3) is 5.92. The van der Waals surface area contributed by atoms with Gasteiger partial charge in [0.05, 0.1) is 6.04 Å². The summed E-state index contributed by atoms with van der Waals surface area (Å²) in [6, 6.07) is 7.49. The van der Waals surface area contributed by atoms with Crippen LogP contribution in [0.1, 0.15) is 52.1 Å². The molecule has 1 fully saturated rings. The van der Waals surface area contributed by atoms with E-state index in [2.05, 4.69) is 5.32 Å². The van der Waals surface area contributed by atoms with E-state index in [0.717, 1.165) is 18.4 Å². The van der Waals surface area contributed by atoms with Gasteiger partial charge in [-0.2, -0.15) is 0 Å². The molecule has 25 heavy (non-hydrogen) atoms. The van der Waals surface area contributed by atoms with Gasteiger partial charge in [-0.05, 0) is 57.2 Å². The molecule has 5 nitrogen and oxygen atoms in total. The molecule has 0 saturated carbocycles. The summed E-state index contributed by atoms with van der Waals surface area (Å²) in [4.78, 5) is 25.6. The lowest BCUT2D eigenvalue weighted by Gasteiger charge is -2.37. The molecule has 1 aromatic carbocycles. The first kappa shape index (κ1) is 19.6. The highest BCUT2D eigenvalue weighted by Crippen LogP contribution is 2.32. The van der Waals surface area contributed by atoms with Crippen molar-refractivity contribution in [2.45, 2.75) is 52.2 Å². The van der Waals surface area contributed by atoms with Gasteiger partial charge in [0.2, 0.25) is 5.91 Å². The minimum Gasteiger partial charge on any atom is -0.444 e. The predicted molar refractivity (Wildman–Crippen MR) is 98.5 cm³/mol. The second kappa shape index (κ2) is 8.09. The zero-order chi connectivity index (χ0) is 18.6. The Morgan fingerprint density at radius 2 is 1.76 bits per heavy atom. The van der Waals surface area contributed by atoms with E-state index in [1.165, 1.54) is 6.92 Å². The summed E-state index contributed by atoms with van der Waals surface area (Å²) in [6.07, 6.45) is 1.35. The lowest BCUT2D eigenvalue weighted by atomic mass is 9.85. The molecule has 1 aromatic rings. The van der Waals surface area contributed by atoms with Gasteiger partial charge >= 0.3 is 6.09 Å². The molecule has 1 atom stereocenters. The lowest BCUT2D eigenvalue weighted by molar-refractivity contribution is -0.120. The Bertz CT molecular complexity index is 602. The highest BCUT2D eigenvalue weighted by molar-refractivity contribution is 6.30. The number of nitrogens with one attached hydrogen (secondary N) is 1. The van der Waals surface area contributed by atoms with E-state index in [1.54, 1.807) is 4.90 Å². The van der Waals surface area contributed by atoms with Gasteiger partial charge in [-0.3, -0.25) is 4.79 Å². The van der Waals surface area contributed by atoms with Crippen molar-refractivity contribution in [2.24, 2.45) is 5.92 Å². The SMILES string of the molecule is CC(=O)NC(c1ccc(Cl)cc1)C1CCN(C(=O)OC(C)(C)C)CC1. The van der Waals surface area contributed by atoms with Crippen LogP contribution in [-0.4, -0.2) is 35.6 Å². The fourth-order valence-corrected chi connectivity index (χ4v) is 3.23. The van der Waals surface area contributed by atoms with Crippen LogP contribution in [-0.2, 0) is 9.53 Å². The summed E-state index contributed by atoms with van der Waals surface area (Å²) in [5, 5.41) is 3.72. The Labute approximate surface area is 154 Å². The summed E-state index contributed by atoms with van der Waals surface area (Å²) < 4.78 is 5.44. The predicted octanol–water partition coefficient (Wildman–Crippen LogP) is 4.16. The number of likely N-dealkylation sites (tertiary alicyclic amines) is 1. The monoisotopic (exact) mass is 366 g/mol. The second-order valence-corrected chi connectivity index (χ2v) is 7.97. The number of carbonyl (C=O) groups excluding carboxylic acids is 2. The second-order valence-electron chi connectivity index (χ2n) is 7.53. The molecule has 0 aliphatic carbocycles. The van der Waals surface area contributed by atoms with Gasteiger partial charge < -0.3 is 15.0 Å². The van der Waals surface area contributed by atoms with Crippen molar-refractivity contribution in [3.8, 4) is 0 Å². The molecular weight excluding hydrogens is 340 g/mol. The molecule has 1 saturated heterocycles. The molecule has 1 aliphatic rings. The van der Waals surface area contributed by atoms with Gasteiger partial charge in [-0.1, -0.05) is 23.7 Å². The molecule has 0 radical (unpaired) electrons. The first-order valence-corrected chi connectivity index (χ1v) is 9.04. The van der Waals surface area contributed by atoms with E-state index >= 15 is 0 Å². The minimum absolute atomic E-state index is 0.0606. The number of hydrogen-bond acceptors (Lipinski definition) is 3. The minimum atomic E-state index is -0.490. The number of carbonyl (C=O) groups is 2. The van der Waals surface area contributed by atoms with Crippen LogP contribution in [0.4, 0.5) is 4.79 Å². The van der Waals surface area contributed by atoms with E-state index < -0.39 is 5.60 Å². The van der Waals surface area contributed by atoms with Gasteiger partial charge in [0.15, 0.2) is 0 Å². The first-order chi connectivity index (χ1) is 11.7. The fraction of sp³-hybridized carbons (Fsp3) is 0.579. The van der Waals surface area contributed by atoms with Crippen molar-refractivity contribution in [1.29, 1.82) is 0 Å². The molecule has 1 aliphatic heterocycles. The number of benzene rings is 1. The van der Waals surface area contributed by atoms with E-state index in [1.807, 2.05) is 45.0 Å². The van der Waals surface area contributed by atoms with Crippen LogP contribution in [0.3, 0.4) is 0 Å². The highest BCUT2D eigenvalue weighted by Gasteiger charge is 2.31. The molecule has 2 amide bonds. The van der Waals surface area contributed by atoms with Crippen molar-refractivity contribution in [3.63, 3.8) is 0 Å². The van der Waals surface area contributed by atoms with Gasteiger partial charge in [0.25, 0.3) is 0 Å². The average Bonchev–Trinajstić information content (AvgIpc) is 2.52. The maximum absolute atomic E-state index is 12.2. The number of hydrogen-bond donors (Lipinski definition) is 1. The molecule has 0 aromatic heterocycles. The Hall–Kier alpha value is -1.75. The summed E-state index contributed by atoms with van der Waals surface area (Å²) >= 11 is 5.97. The highest BCUT2D eigenvalue weighted by atomic mass is 35.5.